The van der Waals surface area contributed by atoms with E-state index in [-0.39, 0.29) is 0 Å². The van der Waals surface area contributed by atoms with E-state index in [1.165, 1.54) is 0 Å². The van der Waals surface area contributed by atoms with Crippen LogP contribution < -0.4 is 0 Å². The van der Waals surface area contributed by atoms with Crippen LogP contribution in [-0.4, -0.2) is 9.55 Å². The molecule has 0 aliphatic carbocycles. The Bertz CT molecular complexity index is 1590. The third-order valence-corrected chi connectivity index (χ3v) is 6.77. The summed E-state index contributed by atoms with van der Waals surface area (Å²) in [5.74, 6) is 3.97. The van der Waals surface area contributed by atoms with Crippen molar-refractivity contribution in [3.63, 3.8) is 0 Å². The van der Waals surface area contributed by atoms with Crippen molar-refractivity contribution in [2.45, 2.75) is 6.54 Å². The minimum Gasteiger partial charge on any atom is -0.459 e. The molecule has 0 unspecified atom stereocenters. The molecule has 6 aromatic rings. The average molecular weight is 574 g/mol. The predicted molar refractivity (Wildman–Crippen MR) is 142 cm³/mol. The molecule has 0 fully saturated rings. The summed E-state index contributed by atoms with van der Waals surface area (Å²) in [5, 5.41) is 0. The summed E-state index contributed by atoms with van der Waals surface area (Å²) >= 11 is 6.97. The number of hydrogen-bond donors (Lipinski definition) is 0. The lowest BCUT2D eigenvalue weighted by Gasteiger charge is -2.06. The first-order valence-electron chi connectivity index (χ1n) is 10.8. The molecule has 3 heterocycles. The molecule has 6 heteroatoms. The molecular weight excluding hydrogens is 556 g/mol. The van der Waals surface area contributed by atoms with Gasteiger partial charge < -0.3 is 13.4 Å². The van der Waals surface area contributed by atoms with Crippen molar-refractivity contribution in [3.8, 4) is 34.2 Å². The van der Waals surface area contributed by atoms with Crippen LogP contribution in [-0.2, 0) is 6.54 Å². The van der Waals surface area contributed by atoms with Crippen LogP contribution in [0, 0.1) is 0 Å². The third-order valence-electron chi connectivity index (χ3n) is 5.71. The van der Waals surface area contributed by atoms with Gasteiger partial charge in [0.05, 0.1) is 17.6 Å². The number of aromatic nitrogens is 2. The molecule has 166 valence electrons. The molecule has 0 aliphatic rings. The number of para-hydroxylation sites is 2. The largest absolute Gasteiger partial charge is 0.459 e. The molecule has 6 rings (SSSR count). The van der Waals surface area contributed by atoms with Gasteiger partial charge in [-0.2, -0.15) is 0 Å². The number of halogens is 2. The fourth-order valence-electron chi connectivity index (χ4n) is 4.04. The van der Waals surface area contributed by atoms with Crippen molar-refractivity contribution < 1.29 is 8.83 Å². The fraction of sp³-hybridized carbons (Fsp3) is 0.0357. The van der Waals surface area contributed by atoms with Crippen LogP contribution in [0.15, 0.2) is 115 Å². The van der Waals surface area contributed by atoms with Crippen molar-refractivity contribution in [1.82, 2.24) is 9.55 Å². The van der Waals surface area contributed by atoms with E-state index in [0.717, 1.165) is 54.2 Å². The topological polar surface area (TPSA) is 44.1 Å². The summed E-state index contributed by atoms with van der Waals surface area (Å²) in [6, 6.07) is 32.3. The highest BCUT2D eigenvalue weighted by molar-refractivity contribution is 9.10. The molecule has 0 radical (unpaired) electrons. The Hall–Kier alpha value is -3.35. The lowest BCUT2D eigenvalue weighted by atomic mass is 10.2. The van der Waals surface area contributed by atoms with Crippen LogP contribution in [0.2, 0.25) is 0 Å². The smallest absolute Gasteiger partial charge is 0.177 e. The second kappa shape index (κ2) is 8.78. The van der Waals surface area contributed by atoms with Gasteiger partial charge in [-0.05, 0) is 60.7 Å². The Morgan fingerprint density at radius 1 is 0.618 bits per heavy atom. The number of fused-ring (bicyclic) bond motifs is 1. The van der Waals surface area contributed by atoms with Gasteiger partial charge in [0, 0.05) is 20.1 Å². The number of rotatable bonds is 5. The number of nitrogens with zero attached hydrogens (tertiary/aromatic N) is 2. The Kier molecular flexibility index (Phi) is 5.47. The summed E-state index contributed by atoms with van der Waals surface area (Å²) in [6.45, 7) is 0.542. The van der Waals surface area contributed by atoms with Crippen molar-refractivity contribution in [2.75, 3.05) is 0 Å². The van der Waals surface area contributed by atoms with E-state index in [4.69, 9.17) is 13.8 Å². The number of furan rings is 2. The van der Waals surface area contributed by atoms with Crippen molar-refractivity contribution in [3.05, 3.63) is 112 Å². The van der Waals surface area contributed by atoms with E-state index < -0.39 is 0 Å². The SMILES string of the molecule is Brc1ccc(-c2ccc(Cn3c(-c4ccc(-c5ccc(Br)cc5)o4)nc4ccccc43)o2)cc1. The van der Waals surface area contributed by atoms with E-state index in [1.807, 2.05) is 91.0 Å². The Morgan fingerprint density at radius 3 is 1.91 bits per heavy atom. The van der Waals surface area contributed by atoms with Crippen LogP contribution in [0.4, 0.5) is 0 Å². The van der Waals surface area contributed by atoms with Crippen molar-refractivity contribution in [2.24, 2.45) is 0 Å². The lowest BCUT2D eigenvalue weighted by Crippen LogP contribution is -2.00. The van der Waals surface area contributed by atoms with Crippen LogP contribution in [0.1, 0.15) is 5.76 Å². The molecular formula is C28H18Br2N2O2. The highest BCUT2D eigenvalue weighted by Crippen LogP contribution is 2.32. The molecule has 34 heavy (non-hydrogen) atoms. The Morgan fingerprint density at radius 2 is 1.21 bits per heavy atom. The first kappa shape index (κ1) is 21.2. The van der Waals surface area contributed by atoms with E-state index in [1.54, 1.807) is 0 Å². The van der Waals surface area contributed by atoms with Crippen LogP contribution >= 0.6 is 31.9 Å². The van der Waals surface area contributed by atoms with Crippen molar-refractivity contribution in [1.29, 1.82) is 0 Å². The molecule has 0 saturated heterocycles. The third kappa shape index (κ3) is 4.04. The molecule has 0 N–H and O–H groups in total. The standard InChI is InChI=1S/C28H18Br2N2O2/c29-20-9-5-18(6-10-20)25-14-13-22(33-25)17-32-24-4-2-1-3-23(24)31-28(32)27-16-15-26(34-27)19-7-11-21(30)12-8-19/h1-16H,17H2. The summed E-state index contributed by atoms with van der Waals surface area (Å²) in [4.78, 5) is 4.89. The molecule has 0 aliphatic heterocycles. The minimum absolute atomic E-state index is 0.542. The van der Waals surface area contributed by atoms with Gasteiger partial charge in [0.25, 0.3) is 0 Å². The number of benzene rings is 3. The van der Waals surface area contributed by atoms with E-state index in [0.29, 0.717) is 12.3 Å². The highest BCUT2D eigenvalue weighted by atomic mass is 79.9. The molecule has 0 bridgehead atoms. The van der Waals surface area contributed by atoms with Gasteiger partial charge in [-0.15, -0.1) is 0 Å². The second-order valence-electron chi connectivity index (χ2n) is 7.95. The summed E-state index contributed by atoms with van der Waals surface area (Å²) in [7, 11) is 0. The van der Waals surface area contributed by atoms with Gasteiger partial charge in [-0.25, -0.2) is 4.98 Å². The van der Waals surface area contributed by atoms with Gasteiger partial charge >= 0.3 is 0 Å². The molecule has 3 aromatic heterocycles. The normalized spacial score (nSPS) is 11.4. The highest BCUT2D eigenvalue weighted by Gasteiger charge is 2.18. The molecule has 0 atom stereocenters. The maximum atomic E-state index is 6.26. The Balaban J connectivity index is 1.38. The lowest BCUT2D eigenvalue weighted by molar-refractivity contribution is 0.506. The van der Waals surface area contributed by atoms with E-state index in [9.17, 15) is 0 Å². The van der Waals surface area contributed by atoms with E-state index in [2.05, 4.69) is 42.5 Å². The summed E-state index contributed by atoms with van der Waals surface area (Å²) < 4.78 is 16.7. The number of imidazole rings is 1. The van der Waals surface area contributed by atoms with Gasteiger partial charge in [-0.3, -0.25) is 0 Å². The second-order valence-corrected chi connectivity index (χ2v) is 9.79. The maximum absolute atomic E-state index is 6.26. The average Bonchev–Trinajstić information content (AvgIpc) is 3.60. The zero-order chi connectivity index (χ0) is 23.1. The zero-order valence-electron chi connectivity index (χ0n) is 17.9. The van der Waals surface area contributed by atoms with Gasteiger partial charge in [-0.1, -0.05) is 68.3 Å². The van der Waals surface area contributed by atoms with Gasteiger partial charge in [0.1, 0.15) is 17.3 Å². The summed E-state index contributed by atoms with van der Waals surface area (Å²) in [6.07, 6.45) is 0. The first-order chi connectivity index (χ1) is 16.6. The van der Waals surface area contributed by atoms with Crippen LogP contribution in [0.3, 0.4) is 0 Å². The van der Waals surface area contributed by atoms with Crippen LogP contribution in [0.25, 0.3) is 45.3 Å². The first-order valence-corrected chi connectivity index (χ1v) is 12.4. The van der Waals surface area contributed by atoms with Gasteiger partial charge in [0.15, 0.2) is 11.6 Å². The molecule has 3 aromatic carbocycles. The number of hydrogen-bond acceptors (Lipinski definition) is 3. The molecule has 0 amide bonds. The molecule has 4 nitrogen and oxygen atoms in total. The fourth-order valence-corrected chi connectivity index (χ4v) is 4.57. The van der Waals surface area contributed by atoms with Gasteiger partial charge in [0.2, 0.25) is 0 Å². The summed E-state index contributed by atoms with van der Waals surface area (Å²) in [5.41, 5.74) is 4.00. The minimum atomic E-state index is 0.542. The van der Waals surface area contributed by atoms with E-state index >= 15 is 0 Å². The quantitative estimate of drug-likeness (QED) is 0.207. The predicted octanol–water partition coefficient (Wildman–Crippen LogP) is 8.80. The van der Waals surface area contributed by atoms with Crippen LogP contribution in [0.5, 0.6) is 0 Å². The molecule has 0 saturated carbocycles. The maximum Gasteiger partial charge on any atom is 0.177 e. The zero-order valence-corrected chi connectivity index (χ0v) is 21.1. The van der Waals surface area contributed by atoms with Crippen molar-refractivity contribution >= 4 is 42.9 Å². The monoisotopic (exact) mass is 572 g/mol. The Labute approximate surface area is 213 Å². The molecule has 0 spiro atoms.